The molecule has 0 bridgehead atoms. The molecule has 10 nitrogen and oxygen atoms in total. The van der Waals surface area contributed by atoms with E-state index in [2.05, 4.69) is 25.8 Å². The smallest absolute Gasteiger partial charge is 0.433 e. The van der Waals surface area contributed by atoms with Crippen molar-refractivity contribution < 1.29 is 27.5 Å². The molecule has 0 saturated heterocycles. The number of amides is 2. The molecule has 14 heteroatoms. The van der Waals surface area contributed by atoms with Crippen molar-refractivity contribution in [3.8, 4) is 17.0 Å². The van der Waals surface area contributed by atoms with Crippen molar-refractivity contribution in [2.24, 2.45) is 0 Å². The van der Waals surface area contributed by atoms with E-state index in [0.717, 1.165) is 6.07 Å². The zero-order chi connectivity index (χ0) is 26.2. The van der Waals surface area contributed by atoms with Crippen LogP contribution in [-0.4, -0.2) is 50.4 Å². The standard InChI is InChI=1S/C22H19ClF3N7O3/c1-4-32-10-14(17(30-32)20(34)27-2)29-21(35)18-16(23)19-28-13(11-6-5-7-12(8-11)36-3)9-15(22(24,25)26)33(19)31-18/h5-10H,4H2,1-3H3,(H,27,34)(H,29,35). The lowest BCUT2D eigenvalue weighted by molar-refractivity contribution is -0.142. The fourth-order valence-corrected chi connectivity index (χ4v) is 3.66. The molecular formula is C22H19ClF3N7O3. The number of rotatable bonds is 6. The van der Waals surface area contributed by atoms with Crippen LogP contribution in [0.5, 0.6) is 5.75 Å². The van der Waals surface area contributed by atoms with Crippen molar-refractivity contribution in [2.75, 3.05) is 19.5 Å². The van der Waals surface area contributed by atoms with Gasteiger partial charge in [0, 0.05) is 25.4 Å². The lowest BCUT2D eigenvalue weighted by Crippen LogP contribution is -2.22. The summed E-state index contributed by atoms with van der Waals surface area (Å²) in [7, 11) is 2.82. The fraction of sp³-hybridized carbons (Fsp3) is 0.227. The Morgan fingerprint density at radius 2 is 1.89 bits per heavy atom. The first-order valence-electron chi connectivity index (χ1n) is 10.5. The minimum Gasteiger partial charge on any atom is -0.497 e. The Labute approximate surface area is 207 Å². The molecule has 0 unspecified atom stereocenters. The predicted molar refractivity (Wildman–Crippen MR) is 124 cm³/mol. The molecule has 1 aromatic carbocycles. The second-order valence-electron chi connectivity index (χ2n) is 7.43. The molecule has 0 aliphatic heterocycles. The monoisotopic (exact) mass is 521 g/mol. The number of carbonyl (C=O) groups is 2. The number of aryl methyl sites for hydroxylation is 1. The number of nitrogens with zero attached hydrogens (tertiary/aromatic N) is 5. The van der Waals surface area contributed by atoms with E-state index < -0.39 is 34.4 Å². The first-order valence-corrected chi connectivity index (χ1v) is 10.9. The number of aromatic nitrogens is 5. The molecule has 0 saturated carbocycles. The van der Waals surface area contributed by atoms with Gasteiger partial charge in [0.1, 0.15) is 10.8 Å². The number of nitrogens with one attached hydrogen (secondary N) is 2. The van der Waals surface area contributed by atoms with E-state index in [0.29, 0.717) is 22.4 Å². The van der Waals surface area contributed by atoms with Gasteiger partial charge in [-0.1, -0.05) is 23.7 Å². The van der Waals surface area contributed by atoms with E-state index >= 15 is 0 Å². The molecule has 0 spiro atoms. The van der Waals surface area contributed by atoms with Crippen LogP contribution in [0.4, 0.5) is 18.9 Å². The zero-order valence-corrected chi connectivity index (χ0v) is 19.9. The van der Waals surface area contributed by atoms with E-state index in [1.54, 1.807) is 25.1 Å². The third-order valence-corrected chi connectivity index (χ3v) is 5.53. The molecule has 4 aromatic rings. The highest BCUT2D eigenvalue weighted by molar-refractivity contribution is 6.37. The molecule has 2 N–H and O–H groups in total. The molecule has 0 aliphatic rings. The Morgan fingerprint density at radius 3 is 2.53 bits per heavy atom. The van der Waals surface area contributed by atoms with Crippen LogP contribution < -0.4 is 15.4 Å². The van der Waals surface area contributed by atoms with E-state index in [1.807, 2.05) is 0 Å². The maximum absolute atomic E-state index is 14.0. The van der Waals surface area contributed by atoms with E-state index in [1.165, 1.54) is 31.1 Å². The summed E-state index contributed by atoms with van der Waals surface area (Å²) in [4.78, 5) is 29.4. The van der Waals surface area contributed by atoms with Crippen LogP contribution in [0.2, 0.25) is 5.02 Å². The SMILES string of the molecule is CCn1cc(NC(=O)c2nn3c(C(F)(F)F)cc(-c4cccc(OC)c4)nc3c2Cl)c(C(=O)NC)n1. The van der Waals surface area contributed by atoms with Crippen molar-refractivity contribution in [1.82, 2.24) is 29.7 Å². The lowest BCUT2D eigenvalue weighted by Gasteiger charge is -2.11. The summed E-state index contributed by atoms with van der Waals surface area (Å²) in [5.74, 6) is -1.09. The molecule has 0 fully saturated rings. The van der Waals surface area contributed by atoms with Crippen LogP contribution in [0.15, 0.2) is 36.5 Å². The van der Waals surface area contributed by atoms with Gasteiger partial charge in [-0.2, -0.15) is 23.4 Å². The van der Waals surface area contributed by atoms with Crippen molar-refractivity contribution >= 4 is 34.7 Å². The summed E-state index contributed by atoms with van der Waals surface area (Å²) in [5.41, 5.74) is -1.82. The van der Waals surface area contributed by atoms with Gasteiger partial charge in [0.25, 0.3) is 11.8 Å². The summed E-state index contributed by atoms with van der Waals surface area (Å²) in [6.45, 7) is 2.18. The highest BCUT2D eigenvalue weighted by Gasteiger charge is 2.37. The summed E-state index contributed by atoms with van der Waals surface area (Å²) in [5, 5.41) is 12.3. The Balaban J connectivity index is 1.83. The first kappa shape index (κ1) is 25.0. The van der Waals surface area contributed by atoms with Crippen molar-refractivity contribution in [3.63, 3.8) is 0 Å². The number of alkyl halides is 3. The second-order valence-corrected chi connectivity index (χ2v) is 7.81. The van der Waals surface area contributed by atoms with Gasteiger partial charge in [-0.25, -0.2) is 9.50 Å². The number of fused-ring (bicyclic) bond motifs is 1. The van der Waals surface area contributed by atoms with Gasteiger partial charge in [0.05, 0.1) is 18.5 Å². The summed E-state index contributed by atoms with van der Waals surface area (Å²) in [6, 6.07) is 7.12. The molecule has 188 valence electrons. The Kier molecular flexibility index (Phi) is 6.59. The largest absolute Gasteiger partial charge is 0.497 e. The Hall–Kier alpha value is -4.13. The topological polar surface area (TPSA) is 115 Å². The molecule has 2 amide bonds. The van der Waals surface area contributed by atoms with Gasteiger partial charge in [-0.05, 0) is 25.1 Å². The third kappa shape index (κ3) is 4.56. The van der Waals surface area contributed by atoms with Crippen LogP contribution in [0.25, 0.3) is 16.9 Å². The van der Waals surface area contributed by atoms with Crippen LogP contribution >= 0.6 is 11.6 Å². The number of ether oxygens (including phenoxy) is 1. The highest BCUT2D eigenvalue weighted by atomic mass is 35.5. The Bertz CT molecular complexity index is 1480. The number of anilines is 1. The van der Waals surface area contributed by atoms with Gasteiger partial charge < -0.3 is 15.4 Å². The van der Waals surface area contributed by atoms with E-state index in [-0.39, 0.29) is 22.7 Å². The molecule has 0 radical (unpaired) electrons. The number of carbonyl (C=O) groups excluding carboxylic acids is 2. The molecule has 0 aliphatic carbocycles. The van der Waals surface area contributed by atoms with Gasteiger partial charge >= 0.3 is 6.18 Å². The number of hydrogen-bond acceptors (Lipinski definition) is 6. The third-order valence-electron chi connectivity index (χ3n) is 5.18. The van der Waals surface area contributed by atoms with Gasteiger partial charge in [0.15, 0.2) is 22.7 Å². The molecular weight excluding hydrogens is 503 g/mol. The van der Waals surface area contributed by atoms with E-state index in [4.69, 9.17) is 16.3 Å². The summed E-state index contributed by atoms with van der Waals surface area (Å²) in [6.07, 6.45) is -3.43. The first-order chi connectivity index (χ1) is 17.1. The fourth-order valence-electron chi connectivity index (χ4n) is 3.41. The van der Waals surface area contributed by atoms with Gasteiger partial charge in [-0.3, -0.25) is 14.3 Å². The van der Waals surface area contributed by atoms with Gasteiger partial charge in [-0.15, -0.1) is 0 Å². The van der Waals surface area contributed by atoms with Crippen molar-refractivity contribution in [2.45, 2.75) is 19.6 Å². The Morgan fingerprint density at radius 1 is 1.14 bits per heavy atom. The molecule has 0 atom stereocenters. The van der Waals surface area contributed by atoms with Crippen molar-refractivity contribution in [3.05, 3.63) is 58.6 Å². The minimum atomic E-state index is -4.84. The predicted octanol–water partition coefficient (Wildman–Crippen LogP) is 3.91. The van der Waals surface area contributed by atoms with Crippen LogP contribution in [-0.2, 0) is 12.7 Å². The van der Waals surface area contributed by atoms with Crippen molar-refractivity contribution in [1.29, 1.82) is 0 Å². The van der Waals surface area contributed by atoms with Crippen LogP contribution in [0.1, 0.15) is 33.6 Å². The molecule has 3 aromatic heterocycles. The average molecular weight is 522 g/mol. The summed E-state index contributed by atoms with van der Waals surface area (Å²) < 4.78 is 48.9. The maximum atomic E-state index is 14.0. The highest BCUT2D eigenvalue weighted by Crippen LogP contribution is 2.35. The maximum Gasteiger partial charge on any atom is 0.433 e. The molecule has 3 heterocycles. The second kappa shape index (κ2) is 9.49. The van der Waals surface area contributed by atoms with Crippen LogP contribution in [0, 0.1) is 0 Å². The number of halogens is 4. The molecule has 36 heavy (non-hydrogen) atoms. The zero-order valence-electron chi connectivity index (χ0n) is 19.1. The molecule has 4 rings (SSSR count). The lowest BCUT2D eigenvalue weighted by atomic mass is 10.1. The van der Waals surface area contributed by atoms with Gasteiger partial charge in [0.2, 0.25) is 0 Å². The number of methoxy groups -OCH3 is 1. The van der Waals surface area contributed by atoms with E-state index in [9.17, 15) is 22.8 Å². The summed E-state index contributed by atoms with van der Waals surface area (Å²) >= 11 is 6.32. The quantitative estimate of drug-likeness (QED) is 0.397. The normalized spacial score (nSPS) is 11.5. The number of hydrogen-bond donors (Lipinski definition) is 2. The average Bonchev–Trinajstić information content (AvgIpc) is 3.43. The minimum absolute atomic E-state index is 0.0374. The number of benzene rings is 1. The van der Waals surface area contributed by atoms with Crippen LogP contribution in [0.3, 0.4) is 0 Å².